The van der Waals surface area contributed by atoms with E-state index >= 15 is 0 Å². The summed E-state index contributed by atoms with van der Waals surface area (Å²) in [6.07, 6.45) is -2.72. The molecule has 3 nitrogen and oxygen atoms in total. The van der Waals surface area contributed by atoms with Gasteiger partial charge in [-0.15, -0.1) is 0 Å². The zero-order chi connectivity index (χ0) is 12.9. The Morgan fingerprint density at radius 3 is 2.71 bits per heavy atom. The topological polar surface area (TPSA) is 28.2 Å². The average molecular weight is 247 g/mol. The molecule has 0 fully saturated rings. The molecular formula is C11H16F3N3. The van der Waals surface area contributed by atoms with Crippen molar-refractivity contribution in [2.24, 2.45) is 0 Å². The lowest BCUT2D eigenvalue weighted by atomic mass is 10.2. The highest BCUT2D eigenvalue weighted by Crippen LogP contribution is 2.21. The van der Waals surface area contributed by atoms with Crippen LogP contribution in [0, 0.1) is 0 Å². The van der Waals surface area contributed by atoms with Crippen molar-refractivity contribution < 1.29 is 13.2 Å². The Bertz CT molecular complexity index is 352. The zero-order valence-electron chi connectivity index (χ0n) is 9.88. The van der Waals surface area contributed by atoms with Crippen molar-refractivity contribution in [2.75, 3.05) is 25.0 Å². The van der Waals surface area contributed by atoms with E-state index in [0.29, 0.717) is 12.4 Å². The number of hydrogen-bond donors (Lipinski definition) is 1. The Morgan fingerprint density at radius 2 is 2.12 bits per heavy atom. The lowest BCUT2D eigenvalue weighted by Gasteiger charge is -2.22. The highest BCUT2D eigenvalue weighted by atomic mass is 19.4. The maximum atomic E-state index is 12.3. The number of nitrogens with zero attached hydrogens (tertiary/aromatic N) is 2. The van der Waals surface area contributed by atoms with Crippen LogP contribution in [0.5, 0.6) is 0 Å². The van der Waals surface area contributed by atoms with E-state index in [1.165, 1.54) is 13.2 Å². The van der Waals surface area contributed by atoms with E-state index < -0.39 is 12.7 Å². The SMILES string of the molecule is CCNCc1cccnc1N(C)CC(F)(F)F. The van der Waals surface area contributed by atoms with E-state index in [1.54, 1.807) is 12.1 Å². The monoisotopic (exact) mass is 247 g/mol. The number of alkyl halides is 3. The minimum Gasteiger partial charge on any atom is -0.350 e. The molecule has 0 aromatic carbocycles. The Hall–Kier alpha value is -1.30. The van der Waals surface area contributed by atoms with Gasteiger partial charge < -0.3 is 10.2 Å². The van der Waals surface area contributed by atoms with Crippen LogP contribution >= 0.6 is 0 Å². The Labute approximate surface area is 98.6 Å². The summed E-state index contributed by atoms with van der Waals surface area (Å²) in [5, 5.41) is 3.07. The number of anilines is 1. The minimum atomic E-state index is -4.22. The van der Waals surface area contributed by atoms with Crippen molar-refractivity contribution >= 4 is 5.82 Å². The molecule has 0 saturated heterocycles. The highest BCUT2D eigenvalue weighted by molar-refractivity contribution is 5.46. The van der Waals surface area contributed by atoms with Crippen molar-refractivity contribution in [3.63, 3.8) is 0 Å². The lowest BCUT2D eigenvalue weighted by Crippen LogP contribution is -2.32. The summed E-state index contributed by atoms with van der Waals surface area (Å²) in [6.45, 7) is 2.22. The summed E-state index contributed by atoms with van der Waals surface area (Å²) in [4.78, 5) is 5.12. The predicted molar refractivity (Wildman–Crippen MR) is 60.9 cm³/mol. The van der Waals surface area contributed by atoms with E-state index in [9.17, 15) is 13.2 Å². The molecule has 0 unspecified atom stereocenters. The molecule has 1 N–H and O–H groups in total. The Kier molecular flexibility index (Phi) is 4.74. The van der Waals surface area contributed by atoms with Crippen LogP contribution in [0.15, 0.2) is 18.3 Å². The average Bonchev–Trinajstić information content (AvgIpc) is 2.24. The van der Waals surface area contributed by atoms with Crippen molar-refractivity contribution in [1.82, 2.24) is 10.3 Å². The van der Waals surface area contributed by atoms with Gasteiger partial charge in [0.1, 0.15) is 12.4 Å². The maximum Gasteiger partial charge on any atom is 0.405 e. The summed E-state index contributed by atoms with van der Waals surface area (Å²) in [6, 6.07) is 3.50. The van der Waals surface area contributed by atoms with Gasteiger partial charge in [-0.25, -0.2) is 4.98 Å². The number of aromatic nitrogens is 1. The Morgan fingerprint density at radius 1 is 1.41 bits per heavy atom. The minimum absolute atomic E-state index is 0.366. The summed E-state index contributed by atoms with van der Waals surface area (Å²) < 4.78 is 36.9. The largest absolute Gasteiger partial charge is 0.405 e. The Balaban J connectivity index is 2.81. The second-order valence-electron chi connectivity index (χ2n) is 3.74. The number of pyridine rings is 1. The van der Waals surface area contributed by atoms with Gasteiger partial charge in [-0.2, -0.15) is 13.2 Å². The predicted octanol–water partition coefficient (Wildman–Crippen LogP) is 2.19. The molecule has 0 bridgehead atoms. The molecule has 17 heavy (non-hydrogen) atoms. The van der Waals surface area contributed by atoms with Crippen LogP contribution in [0.4, 0.5) is 19.0 Å². The van der Waals surface area contributed by atoms with Crippen molar-refractivity contribution in [2.45, 2.75) is 19.6 Å². The number of rotatable bonds is 5. The zero-order valence-corrected chi connectivity index (χ0v) is 9.88. The van der Waals surface area contributed by atoms with Gasteiger partial charge in [0.15, 0.2) is 0 Å². The van der Waals surface area contributed by atoms with Crippen LogP contribution in [0.3, 0.4) is 0 Å². The molecule has 0 saturated carbocycles. The normalized spacial score (nSPS) is 11.6. The second-order valence-corrected chi connectivity index (χ2v) is 3.74. The third kappa shape index (κ3) is 4.60. The second kappa shape index (κ2) is 5.86. The maximum absolute atomic E-state index is 12.3. The van der Waals surface area contributed by atoms with Gasteiger partial charge in [0.05, 0.1) is 0 Å². The standard InChI is InChI=1S/C11H16F3N3/c1-3-15-7-9-5-4-6-16-10(9)17(2)8-11(12,13)14/h4-6,15H,3,7-8H2,1-2H3. The molecule has 1 rings (SSSR count). The summed E-state index contributed by atoms with van der Waals surface area (Å²) in [5.41, 5.74) is 0.765. The molecule has 96 valence electrons. The van der Waals surface area contributed by atoms with Crippen LogP contribution in [0.1, 0.15) is 12.5 Å². The molecular weight excluding hydrogens is 231 g/mol. The lowest BCUT2D eigenvalue weighted by molar-refractivity contribution is -0.119. The van der Waals surface area contributed by atoms with E-state index in [-0.39, 0.29) is 0 Å². The van der Waals surface area contributed by atoms with E-state index in [4.69, 9.17) is 0 Å². The molecule has 0 atom stereocenters. The van der Waals surface area contributed by atoms with Crippen molar-refractivity contribution in [3.8, 4) is 0 Å². The number of nitrogens with one attached hydrogen (secondary N) is 1. The molecule has 1 aromatic rings. The molecule has 0 radical (unpaired) electrons. The fourth-order valence-corrected chi connectivity index (χ4v) is 1.52. The molecule has 0 spiro atoms. The molecule has 0 aliphatic carbocycles. The summed E-state index contributed by atoms with van der Waals surface area (Å²) in [5.74, 6) is 0.366. The fraction of sp³-hybridized carbons (Fsp3) is 0.545. The van der Waals surface area contributed by atoms with Crippen LogP contribution < -0.4 is 10.2 Å². The third-order valence-electron chi connectivity index (χ3n) is 2.21. The first-order valence-electron chi connectivity index (χ1n) is 5.36. The molecule has 6 heteroatoms. The van der Waals surface area contributed by atoms with Crippen LogP contribution in [-0.2, 0) is 6.54 Å². The van der Waals surface area contributed by atoms with Gasteiger partial charge in [-0.3, -0.25) is 0 Å². The van der Waals surface area contributed by atoms with Crippen LogP contribution in [-0.4, -0.2) is 31.3 Å². The number of hydrogen-bond acceptors (Lipinski definition) is 3. The molecule has 1 heterocycles. The van der Waals surface area contributed by atoms with Crippen molar-refractivity contribution in [1.29, 1.82) is 0 Å². The van der Waals surface area contributed by atoms with Crippen LogP contribution in [0.25, 0.3) is 0 Å². The van der Waals surface area contributed by atoms with Gasteiger partial charge in [0.25, 0.3) is 0 Å². The van der Waals surface area contributed by atoms with Gasteiger partial charge in [-0.1, -0.05) is 13.0 Å². The van der Waals surface area contributed by atoms with Crippen molar-refractivity contribution in [3.05, 3.63) is 23.9 Å². The summed E-state index contributed by atoms with van der Waals surface area (Å²) in [7, 11) is 1.39. The van der Waals surface area contributed by atoms with Gasteiger partial charge >= 0.3 is 6.18 Å². The number of halogens is 3. The van der Waals surface area contributed by atoms with Gasteiger partial charge in [0.2, 0.25) is 0 Å². The van der Waals surface area contributed by atoms with Crippen LogP contribution in [0.2, 0.25) is 0 Å². The van der Waals surface area contributed by atoms with E-state index in [2.05, 4.69) is 10.3 Å². The first-order valence-corrected chi connectivity index (χ1v) is 5.36. The van der Waals surface area contributed by atoms with E-state index in [0.717, 1.165) is 17.0 Å². The quantitative estimate of drug-likeness (QED) is 0.864. The molecule has 0 amide bonds. The first kappa shape index (κ1) is 13.8. The molecule has 1 aromatic heterocycles. The van der Waals surface area contributed by atoms with Gasteiger partial charge in [-0.05, 0) is 12.6 Å². The third-order valence-corrected chi connectivity index (χ3v) is 2.21. The highest BCUT2D eigenvalue weighted by Gasteiger charge is 2.30. The smallest absolute Gasteiger partial charge is 0.350 e. The fourth-order valence-electron chi connectivity index (χ4n) is 1.52. The van der Waals surface area contributed by atoms with Gasteiger partial charge in [0, 0.05) is 25.4 Å². The van der Waals surface area contributed by atoms with E-state index in [1.807, 2.05) is 6.92 Å². The molecule has 0 aliphatic heterocycles. The summed E-state index contributed by atoms with van der Waals surface area (Å²) >= 11 is 0. The molecule has 0 aliphatic rings. The first-order chi connectivity index (χ1) is 7.94.